The van der Waals surface area contributed by atoms with E-state index in [9.17, 15) is 9.18 Å². The van der Waals surface area contributed by atoms with Gasteiger partial charge >= 0.3 is 0 Å². The van der Waals surface area contributed by atoms with E-state index in [1.807, 2.05) is 18.2 Å². The summed E-state index contributed by atoms with van der Waals surface area (Å²) in [5.74, 6) is 0.354. The number of hydrogen-bond acceptors (Lipinski definition) is 4. The van der Waals surface area contributed by atoms with E-state index >= 15 is 0 Å². The van der Waals surface area contributed by atoms with Gasteiger partial charge in [-0.2, -0.15) is 0 Å². The minimum Gasteiger partial charge on any atom is -0.399 e. The number of aromatic nitrogens is 2. The number of halogens is 1. The number of anilines is 1. The normalized spacial score (nSPS) is 14.1. The van der Waals surface area contributed by atoms with E-state index in [0.29, 0.717) is 36.6 Å². The van der Waals surface area contributed by atoms with Gasteiger partial charge in [0, 0.05) is 36.4 Å². The predicted octanol–water partition coefficient (Wildman–Crippen LogP) is 3.02. The molecule has 0 aliphatic carbocycles. The Morgan fingerprint density at radius 3 is 2.74 bits per heavy atom. The van der Waals surface area contributed by atoms with E-state index < -0.39 is 0 Å². The van der Waals surface area contributed by atoms with Crippen LogP contribution in [0.3, 0.4) is 0 Å². The molecule has 138 valence electrons. The van der Waals surface area contributed by atoms with E-state index in [-0.39, 0.29) is 11.4 Å². The molecule has 0 amide bonds. The smallest absolute Gasteiger partial charge is 0.254 e. The Hall–Kier alpha value is -2.99. The molecule has 0 radical (unpaired) electrons. The van der Waals surface area contributed by atoms with Gasteiger partial charge in [-0.25, -0.2) is 9.37 Å². The lowest BCUT2D eigenvalue weighted by Crippen LogP contribution is -2.35. The van der Waals surface area contributed by atoms with Gasteiger partial charge in [0.25, 0.3) is 5.56 Å². The lowest BCUT2D eigenvalue weighted by atomic mass is 10.0. The van der Waals surface area contributed by atoms with Crippen LogP contribution in [0.2, 0.25) is 0 Å². The molecule has 3 aromatic rings. The fourth-order valence-corrected chi connectivity index (χ4v) is 3.40. The molecule has 1 aromatic heterocycles. The van der Waals surface area contributed by atoms with Crippen molar-refractivity contribution in [1.29, 1.82) is 0 Å². The Kier molecular flexibility index (Phi) is 4.49. The average molecular weight is 364 g/mol. The molecule has 1 aliphatic heterocycles. The van der Waals surface area contributed by atoms with Gasteiger partial charge < -0.3 is 10.7 Å². The van der Waals surface area contributed by atoms with Crippen LogP contribution in [0.15, 0.2) is 47.3 Å². The molecular formula is C21H21FN4O. The van der Waals surface area contributed by atoms with Crippen LogP contribution in [0.25, 0.3) is 11.4 Å². The van der Waals surface area contributed by atoms with Gasteiger partial charge in [-0.1, -0.05) is 12.1 Å². The third-order valence-corrected chi connectivity index (χ3v) is 4.98. The summed E-state index contributed by atoms with van der Waals surface area (Å²) in [5, 5.41) is 0. The van der Waals surface area contributed by atoms with E-state index in [2.05, 4.69) is 14.9 Å². The van der Waals surface area contributed by atoms with Gasteiger partial charge in [0.1, 0.15) is 11.6 Å². The fraction of sp³-hybridized carbons (Fsp3) is 0.238. The second kappa shape index (κ2) is 6.96. The van der Waals surface area contributed by atoms with E-state index in [4.69, 9.17) is 5.73 Å². The maximum absolute atomic E-state index is 13.8. The summed E-state index contributed by atoms with van der Waals surface area (Å²) < 4.78 is 13.8. The number of aromatic amines is 1. The summed E-state index contributed by atoms with van der Waals surface area (Å²) in [4.78, 5) is 22.2. The van der Waals surface area contributed by atoms with Crippen molar-refractivity contribution in [3.8, 4) is 11.4 Å². The molecule has 0 fully saturated rings. The molecule has 0 saturated carbocycles. The highest BCUT2D eigenvalue weighted by molar-refractivity contribution is 5.58. The second-order valence-electron chi connectivity index (χ2n) is 7.01. The van der Waals surface area contributed by atoms with Crippen LogP contribution in [0.4, 0.5) is 10.1 Å². The number of nitrogens with two attached hydrogens (primary N) is 1. The minimum absolute atomic E-state index is 0.0899. The molecule has 1 aliphatic rings. The van der Waals surface area contributed by atoms with Crippen LogP contribution in [0, 0.1) is 12.7 Å². The van der Waals surface area contributed by atoms with Crippen LogP contribution < -0.4 is 11.3 Å². The lowest BCUT2D eigenvalue weighted by molar-refractivity contribution is 0.240. The highest BCUT2D eigenvalue weighted by Crippen LogP contribution is 2.21. The number of aryl methyl sites for hydroxylation is 1. The third kappa shape index (κ3) is 3.61. The van der Waals surface area contributed by atoms with E-state index in [1.165, 1.54) is 0 Å². The highest BCUT2D eigenvalue weighted by Gasteiger charge is 2.21. The molecule has 4 rings (SSSR count). The van der Waals surface area contributed by atoms with Crippen molar-refractivity contribution in [1.82, 2.24) is 14.9 Å². The first kappa shape index (κ1) is 17.4. The van der Waals surface area contributed by atoms with E-state index in [1.54, 1.807) is 31.2 Å². The number of fused-ring (bicyclic) bond motifs is 1. The standard InChI is InChI=1S/C21H21FN4O/c1-13-2-3-14(10-18(13)22)11-26-9-8-17-19(12-26)24-20(25-21(17)27)15-4-6-16(23)7-5-15/h2-7,10H,8-9,11-12,23H2,1H3,(H,24,25,27). The first-order valence-electron chi connectivity index (χ1n) is 8.95. The minimum atomic E-state index is -0.190. The first-order valence-corrected chi connectivity index (χ1v) is 8.95. The van der Waals surface area contributed by atoms with Crippen molar-refractivity contribution >= 4 is 5.69 Å². The number of hydrogen-bond donors (Lipinski definition) is 2. The Bertz CT molecular complexity index is 1040. The Balaban J connectivity index is 1.60. The molecule has 5 nitrogen and oxygen atoms in total. The number of nitrogen functional groups attached to an aromatic ring is 1. The topological polar surface area (TPSA) is 75.0 Å². The SMILES string of the molecule is Cc1ccc(CN2CCc3c(nc(-c4ccc(N)cc4)[nH]c3=O)C2)cc1F. The van der Waals surface area contributed by atoms with Crippen molar-refractivity contribution in [2.24, 2.45) is 0 Å². The van der Waals surface area contributed by atoms with Crippen molar-refractivity contribution in [3.05, 3.63) is 81.0 Å². The van der Waals surface area contributed by atoms with Gasteiger partial charge in [0.2, 0.25) is 0 Å². The molecule has 2 heterocycles. The molecule has 0 atom stereocenters. The molecule has 27 heavy (non-hydrogen) atoms. The number of rotatable bonds is 3. The molecule has 6 heteroatoms. The summed E-state index contributed by atoms with van der Waals surface area (Å²) in [6.45, 7) is 3.69. The summed E-state index contributed by atoms with van der Waals surface area (Å²) in [5.41, 5.74) is 10.2. The zero-order chi connectivity index (χ0) is 19.0. The maximum Gasteiger partial charge on any atom is 0.254 e. The summed E-state index contributed by atoms with van der Waals surface area (Å²) in [6, 6.07) is 12.6. The van der Waals surface area contributed by atoms with Crippen LogP contribution in [-0.4, -0.2) is 21.4 Å². The molecule has 2 aromatic carbocycles. The van der Waals surface area contributed by atoms with Gasteiger partial charge in [0.15, 0.2) is 0 Å². The largest absolute Gasteiger partial charge is 0.399 e. The zero-order valence-corrected chi connectivity index (χ0v) is 15.1. The average Bonchev–Trinajstić information content (AvgIpc) is 2.65. The summed E-state index contributed by atoms with van der Waals surface area (Å²) in [6.07, 6.45) is 0.633. The van der Waals surface area contributed by atoms with Crippen LogP contribution >= 0.6 is 0 Å². The van der Waals surface area contributed by atoms with Crippen molar-refractivity contribution in [2.45, 2.75) is 26.4 Å². The molecule has 0 unspecified atom stereocenters. The summed E-state index contributed by atoms with van der Waals surface area (Å²) in [7, 11) is 0. The maximum atomic E-state index is 13.8. The Labute approximate surface area is 156 Å². The molecule has 3 N–H and O–H groups in total. The zero-order valence-electron chi connectivity index (χ0n) is 15.1. The highest BCUT2D eigenvalue weighted by atomic mass is 19.1. The molecule has 0 bridgehead atoms. The number of H-pyrrole nitrogens is 1. The quantitative estimate of drug-likeness (QED) is 0.701. The Morgan fingerprint density at radius 1 is 1.22 bits per heavy atom. The van der Waals surface area contributed by atoms with Gasteiger partial charge in [-0.05, 0) is 54.8 Å². The molecular weight excluding hydrogens is 343 g/mol. The fourth-order valence-electron chi connectivity index (χ4n) is 3.40. The van der Waals surface area contributed by atoms with E-state index in [0.717, 1.165) is 28.9 Å². The summed E-state index contributed by atoms with van der Waals surface area (Å²) >= 11 is 0. The van der Waals surface area contributed by atoms with Gasteiger partial charge in [-0.15, -0.1) is 0 Å². The number of nitrogens with one attached hydrogen (secondary N) is 1. The van der Waals surface area contributed by atoms with Crippen molar-refractivity contribution in [2.75, 3.05) is 12.3 Å². The second-order valence-corrected chi connectivity index (χ2v) is 7.01. The van der Waals surface area contributed by atoms with Crippen LogP contribution in [0.5, 0.6) is 0 Å². The van der Waals surface area contributed by atoms with Gasteiger partial charge in [0.05, 0.1) is 5.69 Å². The Morgan fingerprint density at radius 2 is 2.00 bits per heavy atom. The molecule has 0 saturated heterocycles. The van der Waals surface area contributed by atoms with Crippen molar-refractivity contribution in [3.63, 3.8) is 0 Å². The third-order valence-electron chi connectivity index (χ3n) is 4.98. The predicted molar refractivity (Wildman–Crippen MR) is 104 cm³/mol. The number of benzene rings is 2. The number of nitrogens with zero attached hydrogens (tertiary/aromatic N) is 2. The monoisotopic (exact) mass is 364 g/mol. The lowest BCUT2D eigenvalue weighted by Gasteiger charge is -2.27. The van der Waals surface area contributed by atoms with Crippen LogP contribution in [-0.2, 0) is 19.5 Å². The van der Waals surface area contributed by atoms with Gasteiger partial charge in [-0.3, -0.25) is 9.69 Å². The van der Waals surface area contributed by atoms with Crippen LogP contribution in [0.1, 0.15) is 22.4 Å². The molecule has 0 spiro atoms. The first-order chi connectivity index (χ1) is 13.0. The van der Waals surface area contributed by atoms with Crippen molar-refractivity contribution < 1.29 is 4.39 Å².